The van der Waals surface area contributed by atoms with Gasteiger partial charge in [-0.25, -0.2) is 4.79 Å². The van der Waals surface area contributed by atoms with Gasteiger partial charge in [-0.1, -0.05) is 6.92 Å². The quantitative estimate of drug-likeness (QED) is 0.0819. The van der Waals surface area contributed by atoms with Crippen LogP contribution in [0.15, 0.2) is 15.6 Å². The number of thioether (sulfide) groups is 1. The lowest BCUT2D eigenvalue weighted by atomic mass is 9.79. The summed E-state index contributed by atoms with van der Waals surface area (Å²) in [7, 11) is 0. The van der Waals surface area contributed by atoms with Crippen molar-refractivity contribution in [1.29, 1.82) is 0 Å². The van der Waals surface area contributed by atoms with Crippen LogP contribution in [0.3, 0.4) is 0 Å². The third kappa shape index (κ3) is 6.00. The Morgan fingerprint density at radius 2 is 2.00 bits per heavy atom. The van der Waals surface area contributed by atoms with E-state index in [4.69, 9.17) is 11.5 Å². The number of nitrogens with zero attached hydrogens (tertiary/aromatic N) is 3. The van der Waals surface area contributed by atoms with Crippen molar-refractivity contribution in [1.82, 2.24) is 20.4 Å². The van der Waals surface area contributed by atoms with E-state index in [9.17, 15) is 34.5 Å². The zero-order valence-electron chi connectivity index (χ0n) is 21.9. The molecule has 15 heteroatoms. The van der Waals surface area contributed by atoms with E-state index in [-0.39, 0.29) is 65.6 Å². The van der Waals surface area contributed by atoms with Crippen LogP contribution in [0.25, 0.3) is 0 Å². The molecular formula is C24H37N7O7S. The van der Waals surface area contributed by atoms with Crippen molar-refractivity contribution in [3.8, 4) is 0 Å². The largest absolute Gasteiger partial charge is 0.477 e. The number of fused-ring (bicyclic) bond motifs is 1. The van der Waals surface area contributed by atoms with E-state index in [1.54, 1.807) is 11.8 Å². The second-order valence-corrected chi connectivity index (χ2v) is 12.0. The van der Waals surface area contributed by atoms with Crippen LogP contribution in [0.5, 0.6) is 0 Å². The number of rotatable bonds is 10. The normalized spacial score (nSPS) is 31.5. The first kappa shape index (κ1) is 29.1. The Morgan fingerprint density at radius 3 is 2.64 bits per heavy atom. The molecule has 14 nitrogen and oxygen atoms in total. The van der Waals surface area contributed by atoms with Crippen molar-refractivity contribution in [3.05, 3.63) is 10.6 Å². The van der Waals surface area contributed by atoms with Crippen LogP contribution in [-0.4, -0.2) is 117 Å². The topological polar surface area (TPSA) is 224 Å². The number of carbonyl (C=O) groups is 4. The molecule has 0 aliphatic carbocycles. The second kappa shape index (κ2) is 11.7. The molecule has 0 aromatic heterocycles. The summed E-state index contributed by atoms with van der Waals surface area (Å²) in [5.41, 5.74) is 10.4. The van der Waals surface area contributed by atoms with Gasteiger partial charge >= 0.3 is 5.97 Å². The van der Waals surface area contributed by atoms with Crippen molar-refractivity contribution in [3.63, 3.8) is 0 Å². The standard InChI is InChI=1S/C24H37N7O7S/c1-10-18-17(11(2)32)22(36)31(18)19(23(37)38)20(10)39-14-6-15(27-8-14)21(35)30-4-3-12(9-30)29-16(34)5-13(33)7-28-24(25)26/h10-15,17-18,27,32-33H,3-9H2,1-2H3,(H,29,34)(H,37,38)(H4,25,26,28)/t10-,11-,12+,13?,14+,15+,17?,18+/m1/s1. The van der Waals surface area contributed by atoms with Crippen LogP contribution < -0.4 is 22.1 Å². The molecule has 4 aliphatic heterocycles. The molecular weight excluding hydrogens is 530 g/mol. The fourth-order valence-electron chi connectivity index (χ4n) is 5.91. The van der Waals surface area contributed by atoms with Gasteiger partial charge < -0.3 is 47.2 Å². The number of aliphatic imine (C=N–C) groups is 1. The number of aliphatic hydroxyl groups is 2. The van der Waals surface area contributed by atoms with E-state index in [1.807, 2.05) is 6.92 Å². The van der Waals surface area contributed by atoms with Gasteiger partial charge in [0, 0.05) is 41.7 Å². The molecule has 39 heavy (non-hydrogen) atoms. The Kier molecular flexibility index (Phi) is 8.73. The molecule has 3 saturated heterocycles. The van der Waals surface area contributed by atoms with Gasteiger partial charge in [-0.2, -0.15) is 0 Å². The van der Waals surface area contributed by atoms with Crippen LogP contribution in [-0.2, 0) is 19.2 Å². The highest BCUT2D eigenvalue weighted by Gasteiger charge is 2.60. The number of carbonyl (C=O) groups excluding carboxylic acids is 3. The number of nitrogens with one attached hydrogen (secondary N) is 2. The van der Waals surface area contributed by atoms with Crippen molar-refractivity contribution < 1.29 is 34.5 Å². The van der Waals surface area contributed by atoms with Gasteiger partial charge in [0.15, 0.2) is 5.96 Å². The summed E-state index contributed by atoms with van der Waals surface area (Å²) in [6, 6.07) is -1.04. The molecule has 216 valence electrons. The van der Waals surface area contributed by atoms with E-state index < -0.39 is 30.1 Å². The van der Waals surface area contributed by atoms with Gasteiger partial charge in [-0.05, 0) is 19.8 Å². The molecule has 4 rings (SSSR count). The van der Waals surface area contributed by atoms with E-state index in [2.05, 4.69) is 15.6 Å². The summed E-state index contributed by atoms with van der Waals surface area (Å²) < 4.78 is 0. The molecule has 0 radical (unpaired) electrons. The first-order valence-electron chi connectivity index (χ1n) is 13.1. The first-order chi connectivity index (χ1) is 18.4. The molecule has 8 atom stereocenters. The predicted octanol–water partition coefficient (Wildman–Crippen LogP) is -2.65. The number of amides is 3. The number of nitrogens with two attached hydrogens (primary N) is 2. The fraction of sp³-hybridized carbons (Fsp3) is 0.708. The Morgan fingerprint density at radius 1 is 1.28 bits per heavy atom. The maximum Gasteiger partial charge on any atom is 0.353 e. The lowest BCUT2D eigenvalue weighted by molar-refractivity contribution is -0.163. The highest BCUT2D eigenvalue weighted by molar-refractivity contribution is 8.03. The molecule has 2 unspecified atom stereocenters. The van der Waals surface area contributed by atoms with Crippen molar-refractivity contribution in [2.24, 2.45) is 28.3 Å². The molecule has 0 spiro atoms. The number of carboxylic acids is 1. The van der Waals surface area contributed by atoms with Crippen molar-refractivity contribution in [2.45, 2.75) is 68.7 Å². The molecule has 9 N–H and O–H groups in total. The van der Waals surface area contributed by atoms with E-state index in [0.717, 1.165) is 0 Å². The summed E-state index contributed by atoms with van der Waals surface area (Å²) in [6.07, 6.45) is -0.937. The maximum atomic E-state index is 13.2. The predicted molar refractivity (Wildman–Crippen MR) is 142 cm³/mol. The van der Waals surface area contributed by atoms with Crippen LogP contribution in [0, 0.1) is 11.8 Å². The lowest BCUT2D eigenvalue weighted by Gasteiger charge is -2.46. The number of aliphatic hydroxyl groups excluding tert-OH is 2. The third-order valence-electron chi connectivity index (χ3n) is 7.76. The van der Waals surface area contributed by atoms with Crippen molar-refractivity contribution in [2.75, 3.05) is 26.2 Å². The Labute approximate surface area is 230 Å². The summed E-state index contributed by atoms with van der Waals surface area (Å²) >= 11 is 1.39. The average molecular weight is 568 g/mol. The average Bonchev–Trinajstić information content (AvgIpc) is 3.56. The molecule has 3 fully saturated rings. The number of carboxylic acid groups (broad SMARTS) is 1. The van der Waals surface area contributed by atoms with Gasteiger partial charge in [-0.3, -0.25) is 19.4 Å². The Bertz CT molecular complexity index is 1080. The lowest BCUT2D eigenvalue weighted by Crippen LogP contribution is -2.63. The summed E-state index contributed by atoms with van der Waals surface area (Å²) in [6.45, 7) is 4.70. The van der Waals surface area contributed by atoms with Crippen LogP contribution >= 0.6 is 11.8 Å². The molecule has 4 heterocycles. The number of likely N-dealkylation sites (tertiary alicyclic amines) is 1. The minimum Gasteiger partial charge on any atom is -0.477 e. The summed E-state index contributed by atoms with van der Waals surface area (Å²) in [5.74, 6) is -2.98. The number of β-lactam (4-membered cyclic amide) rings is 1. The van der Waals surface area contributed by atoms with E-state index in [0.29, 0.717) is 37.4 Å². The Hall–Kier alpha value is -2.88. The van der Waals surface area contributed by atoms with Gasteiger partial charge in [0.25, 0.3) is 0 Å². The van der Waals surface area contributed by atoms with Crippen LogP contribution in [0.1, 0.15) is 33.1 Å². The highest BCUT2D eigenvalue weighted by atomic mass is 32.2. The zero-order valence-corrected chi connectivity index (χ0v) is 22.8. The summed E-state index contributed by atoms with van der Waals surface area (Å²) in [5, 5.41) is 35.8. The molecule has 0 saturated carbocycles. The molecule has 0 aromatic rings. The number of guanidine groups is 1. The molecule has 3 amide bonds. The fourth-order valence-corrected chi connectivity index (χ4v) is 7.39. The number of hydrogen-bond acceptors (Lipinski definition) is 9. The number of hydrogen-bond donors (Lipinski definition) is 7. The monoisotopic (exact) mass is 567 g/mol. The highest BCUT2D eigenvalue weighted by Crippen LogP contribution is 2.51. The minimum atomic E-state index is -1.17. The van der Waals surface area contributed by atoms with Gasteiger partial charge in [-0.15, -0.1) is 11.8 Å². The van der Waals surface area contributed by atoms with Crippen LogP contribution in [0.2, 0.25) is 0 Å². The second-order valence-electron chi connectivity index (χ2n) is 10.7. The Balaban J connectivity index is 1.29. The van der Waals surface area contributed by atoms with Gasteiger partial charge in [0.05, 0.1) is 43.2 Å². The maximum absolute atomic E-state index is 13.2. The van der Waals surface area contributed by atoms with E-state index >= 15 is 0 Å². The number of aliphatic carboxylic acids is 1. The van der Waals surface area contributed by atoms with E-state index in [1.165, 1.54) is 16.7 Å². The smallest absolute Gasteiger partial charge is 0.353 e. The van der Waals surface area contributed by atoms with Gasteiger partial charge in [0.1, 0.15) is 5.70 Å². The zero-order chi connectivity index (χ0) is 28.6. The third-order valence-corrected chi connectivity index (χ3v) is 9.28. The van der Waals surface area contributed by atoms with Gasteiger partial charge in [0.2, 0.25) is 17.7 Å². The SMILES string of the molecule is C[C@@H](O)C1C(=O)N2C(C(=O)O)=C(S[C@@H]3CN[C@H](C(=O)N4CC[C@H](NC(=O)CC(O)CN=C(N)N)C4)C3)[C@H](C)[C@@H]12. The molecule has 0 bridgehead atoms. The first-order valence-corrected chi connectivity index (χ1v) is 14.0. The molecule has 0 aromatic carbocycles. The minimum absolute atomic E-state index is 0.0179. The van der Waals surface area contributed by atoms with Crippen LogP contribution in [0.4, 0.5) is 0 Å². The molecule has 4 aliphatic rings. The van der Waals surface area contributed by atoms with Crippen molar-refractivity contribution >= 4 is 41.4 Å². The summed E-state index contributed by atoms with van der Waals surface area (Å²) in [4.78, 5) is 57.3.